The van der Waals surface area contributed by atoms with E-state index in [4.69, 9.17) is 4.74 Å². The molecule has 1 spiro atoms. The molecule has 6 heteroatoms. The minimum Gasteiger partial charge on any atom is -0.497 e. The van der Waals surface area contributed by atoms with Gasteiger partial charge in [-0.15, -0.1) is 0 Å². The predicted molar refractivity (Wildman–Crippen MR) is 111 cm³/mol. The Kier molecular flexibility index (Phi) is 5.53. The smallest absolute Gasteiger partial charge is 0.325 e. The van der Waals surface area contributed by atoms with E-state index in [0.29, 0.717) is 25.8 Å². The Hall–Kier alpha value is -2.86. The third-order valence-corrected chi connectivity index (χ3v) is 6.12. The summed E-state index contributed by atoms with van der Waals surface area (Å²) in [6.45, 7) is 3.00. The number of likely N-dealkylation sites (tertiary alicyclic amines) is 1. The van der Waals surface area contributed by atoms with Crippen molar-refractivity contribution in [3.05, 3.63) is 65.7 Å². The summed E-state index contributed by atoms with van der Waals surface area (Å²) in [5.74, 6) is 0.668. The third-order valence-electron chi connectivity index (χ3n) is 6.12. The molecule has 1 N–H and O–H groups in total. The fourth-order valence-corrected chi connectivity index (χ4v) is 4.37. The van der Waals surface area contributed by atoms with Crippen LogP contribution in [0, 0.1) is 0 Å². The summed E-state index contributed by atoms with van der Waals surface area (Å²) >= 11 is 0. The molecule has 2 fully saturated rings. The fraction of sp³-hybridized carbons (Fsp3) is 0.391. The number of benzene rings is 2. The highest BCUT2D eigenvalue weighted by molar-refractivity contribution is 6.07. The summed E-state index contributed by atoms with van der Waals surface area (Å²) < 4.78 is 5.20. The second-order valence-corrected chi connectivity index (χ2v) is 7.80. The van der Waals surface area contributed by atoms with Crippen molar-refractivity contribution in [2.45, 2.75) is 31.3 Å². The number of imide groups is 1. The van der Waals surface area contributed by atoms with Crippen LogP contribution in [0.4, 0.5) is 4.79 Å². The van der Waals surface area contributed by atoms with Crippen LogP contribution in [-0.4, -0.2) is 54.0 Å². The molecule has 4 rings (SSSR count). The molecule has 0 aliphatic carbocycles. The van der Waals surface area contributed by atoms with E-state index in [2.05, 4.69) is 22.3 Å². The molecule has 152 valence electrons. The molecule has 2 aliphatic heterocycles. The summed E-state index contributed by atoms with van der Waals surface area (Å²) in [5, 5.41) is 2.56. The molecule has 3 amide bonds. The number of hydrogen-bond donors (Lipinski definition) is 1. The monoisotopic (exact) mass is 393 g/mol. The highest BCUT2D eigenvalue weighted by Gasteiger charge is 2.53. The molecule has 2 aromatic rings. The summed E-state index contributed by atoms with van der Waals surface area (Å²) in [6.07, 6.45) is 2.04. The zero-order chi connectivity index (χ0) is 20.3. The van der Waals surface area contributed by atoms with Crippen LogP contribution in [0.25, 0.3) is 0 Å². The maximum absolute atomic E-state index is 12.7. The normalized spacial score (nSPS) is 18.9. The van der Waals surface area contributed by atoms with Crippen molar-refractivity contribution >= 4 is 11.9 Å². The first-order valence-electron chi connectivity index (χ1n) is 10.1. The molecule has 6 nitrogen and oxygen atoms in total. The number of rotatable bonds is 6. The first-order chi connectivity index (χ1) is 14.1. The number of nitrogens with one attached hydrogen (secondary N) is 1. The Morgan fingerprint density at radius 1 is 0.966 bits per heavy atom. The predicted octanol–water partition coefficient (Wildman–Crippen LogP) is 2.82. The minimum atomic E-state index is -0.712. The Bertz CT molecular complexity index is 859. The van der Waals surface area contributed by atoms with Crippen LogP contribution in [0.2, 0.25) is 0 Å². The lowest BCUT2D eigenvalue weighted by Gasteiger charge is -2.42. The van der Waals surface area contributed by atoms with Crippen molar-refractivity contribution in [1.82, 2.24) is 15.1 Å². The average Bonchev–Trinajstić information content (AvgIpc) is 2.98. The number of methoxy groups -OCH3 is 1. The second kappa shape index (κ2) is 8.25. The van der Waals surface area contributed by atoms with E-state index in [0.717, 1.165) is 30.9 Å². The molecule has 0 saturated carbocycles. The van der Waals surface area contributed by atoms with Crippen molar-refractivity contribution < 1.29 is 14.3 Å². The summed E-state index contributed by atoms with van der Waals surface area (Å²) in [5.41, 5.74) is 1.68. The van der Waals surface area contributed by atoms with Gasteiger partial charge in [-0.25, -0.2) is 4.79 Å². The van der Waals surface area contributed by atoms with Crippen LogP contribution in [0.1, 0.15) is 24.0 Å². The molecule has 0 aromatic heterocycles. The van der Waals surface area contributed by atoms with E-state index < -0.39 is 5.54 Å². The average molecular weight is 393 g/mol. The van der Waals surface area contributed by atoms with Crippen LogP contribution in [0.3, 0.4) is 0 Å². The van der Waals surface area contributed by atoms with E-state index in [-0.39, 0.29) is 11.9 Å². The van der Waals surface area contributed by atoms with E-state index in [9.17, 15) is 9.59 Å². The zero-order valence-electron chi connectivity index (χ0n) is 16.8. The Morgan fingerprint density at radius 2 is 1.66 bits per heavy atom. The summed E-state index contributed by atoms with van der Waals surface area (Å²) in [4.78, 5) is 29.4. The fourth-order valence-electron chi connectivity index (χ4n) is 4.37. The third kappa shape index (κ3) is 3.98. The molecule has 2 aromatic carbocycles. The topological polar surface area (TPSA) is 61.9 Å². The minimum absolute atomic E-state index is 0.142. The van der Waals surface area contributed by atoms with Crippen molar-refractivity contribution in [3.63, 3.8) is 0 Å². The van der Waals surface area contributed by atoms with Crippen molar-refractivity contribution in [3.8, 4) is 5.75 Å². The molecule has 0 bridgehead atoms. The Balaban J connectivity index is 1.41. The molecule has 0 unspecified atom stereocenters. The number of carbonyl (C=O) groups is 2. The van der Waals surface area contributed by atoms with Crippen molar-refractivity contribution in [2.24, 2.45) is 0 Å². The number of urea groups is 1. The quantitative estimate of drug-likeness (QED) is 0.767. The summed E-state index contributed by atoms with van der Waals surface area (Å²) in [6, 6.07) is 17.9. The molecular weight excluding hydrogens is 366 g/mol. The van der Waals surface area contributed by atoms with Gasteiger partial charge in [0.25, 0.3) is 5.91 Å². The van der Waals surface area contributed by atoms with Crippen LogP contribution in [-0.2, 0) is 17.8 Å². The van der Waals surface area contributed by atoms with Gasteiger partial charge in [0.15, 0.2) is 0 Å². The lowest BCUT2D eigenvalue weighted by Crippen LogP contribution is -2.56. The van der Waals surface area contributed by atoms with E-state index in [1.54, 1.807) is 12.0 Å². The van der Waals surface area contributed by atoms with Gasteiger partial charge in [-0.1, -0.05) is 42.5 Å². The van der Waals surface area contributed by atoms with Gasteiger partial charge in [0.1, 0.15) is 11.3 Å². The number of piperidine rings is 1. The number of hydrogen-bond acceptors (Lipinski definition) is 4. The standard InChI is InChI=1S/C23H27N3O3/c1-29-20-9-7-18(8-10-20)11-14-26-22(28)24-21(27)23(26)12-15-25(16-13-23)17-19-5-3-2-4-6-19/h2-10H,11-17H2,1H3,(H,24,27,28). The lowest BCUT2D eigenvalue weighted by molar-refractivity contribution is -0.129. The molecule has 0 atom stereocenters. The van der Waals surface area contributed by atoms with Gasteiger partial charge >= 0.3 is 6.03 Å². The maximum atomic E-state index is 12.7. The SMILES string of the molecule is COc1ccc(CCN2C(=O)NC(=O)C23CCN(Cc2ccccc2)CC3)cc1. The first kappa shape index (κ1) is 19.5. The van der Waals surface area contributed by atoms with Gasteiger partial charge in [-0.05, 0) is 42.5 Å². The van der Waals surface area contributed by atoms with Gasteiger partial charge < -0.3 is 9.64 Å². The zero-order valence-corrected chi connectivity index (χ0v) is 16.8. The molecule has 0 radical (unpaired) electrons. The van der Waals surface area contributed by atoms with Gasteiger partial charge in [0.05, 0.1) is 7.11 Å². The van der Waals surface area contributed by atoms with Crippen LogP contribution >= 0.6 is 0 Å². The van der Waals surface area contributed by atoms with Crippen molar-refractivity contribution in [1.29, 1.82) is 0 Å². The molecule has 29 heavy (non-hydrogen) atoms. The Morgan fingerprint density at radius 3 is 2.31 bits per heavy atom. The largest absolute Gasteiger partial charge is 0.497 e. The number of ether oxygens (including phenoxy) is 1. The first-order valence-corrected chi connectivity index (χ1v) is 10.1. The highest BCUT2D eigenvalue weighted by atomic mass is 16.5. The van der Waals surface area contributed by atoms with Gasteiger partial charge in [-0.2, -0.15) is 0 Å². The van der Waals surface area contributed by atoms with E-state index >= 15 is 0 Å². The van der Waals surface area contributed by atoms with Crippen LogP contribution in [0.5, 0.6) is 5.75 Å². The number of nitrogens with zero attached hydrogens (tertiary/aromatic N) is 2. The number of amides is 3. The van der Waals surface area contributed by atoms with Gasteiger partial charge in [0.2, 0.25) is 0 Å². The summed E-state index contributed by atoms with van der Waals surface area (Å²) in [7, 11) is 1.64. The molecule has 2 saturated heterocycles. The van der Waals surface area contributed by atoms with Crippen LogP contribution in [0.15, 0.2) is 54.6 Å². The lowest BCUT2D eigenvalue weighted by atomic mass is 9.85. The Labute approximate surface area is 171 Å². The van der Waals surface area contributed by atoms with E-state index in [1.165, 1.54) is 5.56 Å². The number of carbonyl (C=O) groups excluding carboxylic acids is 2. The molecular formula is C23H27N3O3. The van der Waals surface area contributed by atoms with Crippen molar-refractivity contribution in [2.75, 3.05) is 26.7 Å². The van der Waals surface area contributed by atoms with Gasteiger partial charge in [-0.3, -0.25) is 15.0 Å². The maximum Gasteiger partial charge on any atom is 0.325 e. The molecule has 2 heterocycles. The highest BCUT2D eigenvalue weighted by Crippen LogP contribution is 2.34. The van der Waals surface area contributed by atoms with Gasteiger partial charge in [0, 0.05) is 26.2 Å². The van der Waals surface area contributed by atoms with E-state index in [1.807, 2.05) is 42.5 Å². The second-order valence-electron chi connectivity index (χ2n) is 7.80. The van der Waals surface area contributed by atoms with Crippen LogP contribution < -0.4 is 10.1 Å². The molecule has 2 aliphatic rings.